The van der Waals surface area contributed by atoms with Crippen LogP contribution in [0.15, 0.2) is 30.3 Å². The molecule has 0 aliphatic heterocycles. The van der Waals surface area contributed by atoms with Crippen molar-refractivity contribution in [2.75, 3.05) is 20.4 Å². The Bertz CT molecular complexity index is 538. The van der Waals surface area contributed by atoms with Crippen LogP contribution in [0, 0.1) is 0 Å². The molecule has 23 heavy (non-hydrogen) atoms. The van der Waals surface area contributed by atoms with Crippen molar-refractivity contribution in [3.05, 3.63) is 35.9 Å². The van der Waals surface area contributed by atoms with Gasteiger partial charge in [0.25, 0.3) is 0 Å². The van der Waals surface area contributed by atoms with Gasteiger partial charge in [0, 0.05) is 0 Å². The number of hydrogen-bond acceptors (Lipinski definition) is 4. The lowest BCUT2D eigenvalue weighted by molar-refractivity contribution is 0.247. The van der Waals surface area contributed by atoms with Gasteiger partial charge < -0.3 is 13.5 Å². The first-order valence-electron chi connectivity index (χ1n) is 7.99. The fraction of sp³-hybridized carbons (Fsp3) is 0.625. The van der Waals surface area contributed by atoms with E-state index in [-0.39, 0.29) is 0 Å². The molecule has 7 heteroatoms. The zero-order valence-electron chi connectivity index (χ0n) is 15.8. The molecular weight excluding hydrogens is 341 g/mol. The van der Waals surface area contributed by atoms with E-state index in [1.165, 1.54) is 0 Å². The van der Waals surface area contributed by atoms with Crippen LogP contribution in [-0.4, -0.2) is 41.9 Å². The monoisotopic (exact) mass is 373 g/mol. The Morgan fingerprint density at radius 1 is 1.00 bits per heavy atom. The standard InChI is InChI=1S/C16H32NO3PSi2/c1-17(2)14-21(18,20-23(6,7)8)16(19-22(3,4)5)15-12-10-9-11-13-15/h9-13,16H,14H2,1-8H3. The molecule has 4 nitrogen and oxygen atoms in total. The van der Waals surface area contributed by atoms with Crippen molar-refractivity contribution in [1.82, 2.24) is 4.90 Å². The smallest absolute Gasteiger partial charge is 0.238 e. The van der Waals surface area contributed by atoms with Crippen molar-refractivity contribution in [2.24, 2.45) is 0 Å². The summed E-state index contributed by atoms with van der Waals surface area (Å²) in [5.74, 6) is -0.496. The third-order valence-corrected chi connectivity index (χ3v) is 9.46. The Hall–Kier alpha value is -0.236. The minimum Gasteiger partial charge on any atom is -0.402 e. The molecule has 2 unspecified atom stereocenters. The third kappa shape index (κ3) is 7.46. The summed E-state index contributed by atoms with van der Waals surface area (Å²) < 4.78 is 26.5. The van der Waals surface area contributed by atoms with Crippen LogP contribution in [0.3, 0.4) is 0 Å². The maximum absolute atomic E-state index is 13.9. The zero-order valence-corrected chi connectivity index (χ0v) is 18.7. The molecule has 132 valence electrons. The van der Waals surface area contributed by atoms with Crippen LogP contribution < -0.4 is 0 Å². The van der Waals surface area contributed by atoms with Crippen molar-refractivity contribution in [3.63, 3.8) is 0 Å². The van der Waals surface area contributed by atoms with Gasteiger partial charge in [0.05, 0.1) is 6.29 Å². The highest BCUT2D eigenvalue weighted by atomic mass is 31.2. The van der Waals surface area contributed by atoms with Crippen LogP contribution in [0.25, 0.3) is 0 Å². The van der Waals surface area contributed by atoms with Gasteiger partial charge in [-0.05, 0) is 58.9 Å². The summed E-state index contributed by atoms with van der Waals surface area (Å²) in [4.78, 5) is 1.93. The fourth-order valence-electron chi connectivity index (χ4n) is 2.34. The maximum Gasteiger partial charge on any atom is 0.238 e. The second kappa shape index (κ2) is 7.76. The molecule has 0 bridgehead atoms. The molecular formula is C16H32NO3PSi2. The van der Waals surface area contributed by atoms with Gasteiger partial charge in [-0.3, -0.25) is 4.57 Å². The molecule has 0 aromatic heterocycles. The SMILES string of the molecule is CN(C)CP(=O)(O[Si](C)(C)C)C(O[Si](C)(C)C)c1ccccc1. The molecule has 0 saturated heterocycles. The van der Waals surface area contributed by atoms with Gasteiger partial charge in [0.2, 0.25) is 7.37 Å². The van der Waals surface area contributed by atoms with Crippen LogP contribution in [0.5, 0.6) is 0 Å². The lowest BCUT2D eigenvalue weighted by atomic mass is 10.2. The van der Waals surface area contributed by atoms with Crippen LogP contribution >= 0.6 is 7.37 Å². The summed E-state index contributed by atoms with van der Waals surface area (Å²) in [6, 6.07) is 9.86. The van der Waals surface area contributed by atoms with E-state index in [2.05, 4.69) is 39.3 Å². The van der Waals surface area contributed by atoms with E-state index < -0.39 is 29.8 Å². The molecule has 1 rings (SSSR count). The number of hydrogen-bond donors (Lipinski definition) is 0. The van der Waals surface area contributed by atoms with E-state index in [1.54, 1.807) is 0 Å². The lowest BCUT2D eigenvalue weighted by Crippen LogP contribution is -2.33. The van der Waals surface area contributed by atoms with Crippen molar-refractivity contribution >= 4 is 24.0 Å². The van der Waals surface area contributed by atoms with Gasteiger partial charge in [-0.15, -0.1) is 0 Å². The summed E-state index contributed by atoms with van der Waals surface area (Å²) in [6.07, 6.45) is 0.390. The molecule has 0 spiro atoms. The van der Waals surface area contributed by atoms with E-state index in [1.807, 2.05) is 49.3 Å². The predicted molar refractivity (Wildman–Crippen MR) is 104 cm³/mol. The third-order valence-electron chi connectivity index (χ3n) is 2.82. The van der Waals surface area contributed by atoms with Crippen LogP contribution in [-0.2, 0) is 13.2 Å². The first kappa shape index (κ1) is 20.8. The molecule has 0 amide bonds. The lowest BCUT2D eigenvalue weighted by Gasteiger charge is -2.37. The molecule has 0 heterocycles. The Morgan fingerprint density at radius 3 is 1.91 bits per heavy atom. The Kier molecular flexibility index (Phi) is 7.02. The molecule has 0 fully saturated rings. The maximum atomic E-state index is 13.9. The van der Waals surface area contributed by atoms with E-state index in [9.17, 15) is 4.57 Å². The quantitative estimate of drug-likeness (QED) is 0.464. The average Bonchev–Trinajstić information content (AvgIpc) is 2.32. The predicted octanol–water partition coefficient (Wildman–Crippen LogP) is 5.19. The second-order valence-corrected chi connectivity index (χ2v) is 19.8. The first-order chi connectivity index (χ1) is 10.3. The Labute approximate surface area is 143 Å². The summed E-state index contributed by atoms with van der Waals surface area (Å²) >= 11 is 0. The van der Waals surface area contributed by atoms with Gasteiger partial charge >= 0.3 is 0 Å². The molecule has 0 aliphatic rings. The van der Waals surface area contributed by atoms with Gasteiger partial charge in [-0.25, -0.2) is 0 Å². The summed E-state index contributed by atoms with van der Waals surface area (Å²) in [6.45, 7) is 12.6. The van der Waals surface area contributed by atoms with Gasteiger partial charge in [-0.1, -0.05) is 30.3 Å². The minimum atomic E-state index is -3.03. The van der Waals surface area contributed by atoms with E-state index in [0.717, 1.165) is 5.56 Å². The fourth-order valence-corrected chi connectivity index (χ4v) is 10.6. The molecule has 0 saturated carbocycles. The highest BCUT2D eigenvalue weighted by Crippen LogP contribution is 2.62. The average molecular weight is 374 g/mol. The summed E-state index contributed by atoms with van der Waals surface area (Å²) in [5.41, 5.74) is 0.943. The van der Waals surface area contributed by atoms with Gasteiger partial charge in [0.15, 0.2) is 16.6 Å². The van der Waals surface area contributed by atoms with Crippen molar-refractivity contribution in [1.29, 1.82) is 0 Å². The number of nitrogens with zero attached hydrogens (tertiary/aromatic N) is 1. The normalized spacial score (nSPS) is 17.1. The van der Waals surface area contributed by atoms with Crippen molar-refractivity contribution < 1.29 is 13.2 Å². The van der Waals surface area contributed by atoms with Crippen molar-refractivity contribution in [3.8, 4) is 0 Å². The molecule has 1 aromatic rings. The number of benzene rings is 1. The highest BCUT2D eigenvalue weighted by Gasteiger charge is 2.42. The van der Waals surface area contributed by atoms with Gasteiger partial charge in [0.1, 0.15) is 5.85 Å². The van der Waals surface area contributed by atoms with Crippen LogP contribution in [0.4, 0.5) is 0 Å². The number of rotatable bonds is 8. The molecule has 0 radical (unpaired) electrons. The van der Waals surface area contributed by atoms with Crippen molar-refractivity contribution in [2.45, 2.75) is 45.1 Å². The molecule has 0 aliphatic carbocycles. The largest absolute Gasteiger partial charge is 0.402 e. The van der Waals surface area contributed by atoms with Crippen LogP contribution in [0.2, 0.25) is 39.3 Å². The zero-order chi connectivity index (χ0) is 17.9. The second-order valence-electron chi connectivity index (χ2n) is 8.14. The molecule has 2 atom stereocenters. The molecule has 1 aromatic carbocycles. The van der Waals surface area contributed by atoms with E-state index in [0.29, 0.717) is 6.29 Å². The Morgan fingerprint density at radius 2 is 1.52 bits per heavy atom. The van der Waals surface area contributed by atoms with Gasteiger partial charge in [-0.2, -0.15) is 0 Å². The summed E-state index contributed by atoms with van der Waals surface area (Å²) in [7, 11) is -3.05. The van der Waals surface area contributed by atoms with E-state index >= 15 is 0 Å². The first-order valence-corrected chi connectivity index (χ1v) is 16.7. The summed E-state index contributed by atoms with van der Waals surface area (Å²) in [5, 5.41) is 0. The van der Waals surface area contributed by atoms with Crippen LogP contribution in [0.1, 0.15) is 11.4 Å². The van der Waals surface area contributed by atoms with E-state index in [4.69, 9.17) is 8.64 Å². The Balaban J connectivity index is 3.34. The topological polar surface area (TPSA) is 38.8 Å². The minimum absolute atomic E-state index is 0.390. The highest BCUT2D eigenvalue weighted by molar-refractivity contribution is 7.60. The molecule has 0 N–H and O–H groups in total.